The number of nitrogens with zero attached hydrogens (tertiary/aromatic N) is 1. The number of carbonyl (C=O) groups excluding carboxylic acids is 2. The second-order valence-corrected chi connectivity index (χ2v) is 5.14. The number of thioether (sulfide) groups is 1. The average Bonchev–Trinajstić information content (AvgIpc) is 2.53. The molecule has 1 amide bonds. The molecule has 16 heavy (non-hydrogen) atoms. The molecule has 0 spiro atoms. The first-order valence-electron chi connectivity index (χ1n) is 5.31. The maximum atomic E-state index is 11.6. The van der Waals surface area contributed by atoms with Gasteiger partial charge in [0, 0.05) is 31.7 Å². The van der Waals surface area contributed by atoms with Crippen molar-refractivity contribution in [3.05, 3.63) is 12.8 Å². The van der Waals surface area contributed by atoms with E-state index in [9.17, 15) is 9.59 Å². The van der Waals surface area contributed by atoms with Crippen molar-refractivity contribution in [2.24, 2.45) is 0 Å². The summed E-state index contributed by atoms with van der Waals surface area (Å²) < 4.78 is 4.99. The fourth-order valence-corrected chi connectivity index (χ4v) is 2.64. The van der Waals surface area contributed by atoms with Gasteiger partial charge in [-0.05, 0) is 6.42 Å². The SMILES string of the molecule is C=COCCCN1CC(SC(C)=O)CC1=O. The van der Waals surface area contributed by atoms with Crippen LogP contribution < -0.4 is 0 Å². The molecule has 1 rings (SSSR count). The standard InChI is InChI=1S/C11H17NO3S/c1-3-15-6-4-5-12-8-10(7-11(12)14)16-9(2)13/h3,10H,1,4-8H2,2H3. The zero-order valence-electron chi connectivity index (χ0n) is 9.48. The van der Waals surface area contributed by atoms with Gasteiger partial charge in [0.1, 0.15) is 0 Å². The lowest BCUT2D eigenvalue weighted by Gasteiger charge is -2.15. The Morgan fingerprint density at radius 2 is 2.50 bits per heavy atom. The predicted molar refractivity (Wildman–Crippen MR) is 64.0 cm³/mol. The van der Waals surface area contributed by atoms with Crippen LogP contribution in [-0.4, -0.2) is 40.9 Å². The van der Waals surface area contributed by atoms with Gasteiger partial charge in [-0.15, -0.1) is 0 Å². The smallest absolute Gasteiger partial charge is 0.223 e. The molecule has 1 aliphatic rings. The van der Waals surface area contributed by atoms with Gasteiger partial charge < -0.3 is 9.64 Å². The Labute approximate surface area is 100 Å². The minimum Gasteiger partial charge on any atom is -0.502 e. The summed E-state index contributed by atoms with van der Waals surface area (Å²) in [5.41, 5.74) is 0. The number of hydrogen-bond acceptors (Lipinski definition) is 4. The average molecular weight is 243 g/mol. The fourth-order valence-electron chi connectivity index (χ4n) is 1.69. The highest BCUT2D eigenvalue weighted by Crippen LogP contribution is 2.24. The molecule has 1 saturated heterocycles. The molecule has 1 fully saturated rings. The van der Waals surface area contributed by atoms with Crippen molar-refractivity contribution in [3.8, 4) is 0 Å². The molecule has 1 unspecified atom stereocenters. The minimum absolute atomic E-state index is 0.0784. The summed E-state index contributed by atoms with van der Waals surface area (Å²) in [5.74, 6) is 0.136. The van der Waals surface area contributed by atoms with Gasteiger partial charge in [-0.1, -0.05) is 18.3 Å². The molecule has 0 aromatic heterocycles. The van der Waals surface area contributed by atoms with Gasteiger partial charge in [0.25, 0.3) is 0 Å². The van der Waals surface area contributed by atoms with Crippen molar-refractivity contribution >= 4 is 22.8 Å². The molecule has 0 saturated carbocycles. The van der Waals surface area contributed by atoms with Crippen LogP contribution in [0, 0.1) is 0 Å². The van der Waals surface area contributed by atoms with E-state index in [1.165, 1.54) is 24.9 Å². The van der Waals surface area contributed by atoms with Gasteiger partial charge in [0.15, 0.2) is 5.12 Å². The highest BCUT2D eigenvalue weighted by atomic mass is 32.2. The third kappa shape index (κ3) is 4.26. The Morgan fingerprint density at radius 1 is 1.75 bits per heavy atom. The number of rotatable bonds is 6. The quantitative estimate of drug-likeness (QED) is 0.523. The summed E-state index contributed by atoms with van der Waals surface area (Å²) in [5, 5.41) is 0.208. The maximum Gasteiger partial charge on any atom is 0.223 e. The van der Waals surface area contributed by atoms with Crippen LogP contribution in [-0.2, 0) is 14.3 Å². The largest absolute Gasteiger partial charge is 0.502 e. The summed E-state index contributed by atoms with van der Waals surface area (Å²) in [6, 6.07) is 0. The van der Waals surface area contributed by atoms with Crippen LogP contribution in [0.25, 0.3) is 0 Å². The third-order valence-corrected chi connectivity index (χ3v) is 3.30. The highest BCUT2D eigenvalue weighted by Gasteiger charge is 2.30. The van der Waals surface area contributed by atoms with E-state index < -0.39 is 0 Å². The first-order chi connectivity index (χ1) is 7.63. The van der Waals surface area contributed by atoms with Crippen molar-refractivity contribution in [1.82, 2.24) is 4.90 Å². The van der Waals surface area contributed by atoms with Crippen LogP contribution in [0.2, 0.25) is 0 Å². The zero-order chi connectivity index (χ0) is 12.0. The zero-order valence-corrected chi connectivity index (χ0v) is 10.3. The molecule has 0 N–H and O–H groups in total. The second kappa shape index (κ2) is 6.58. The Kier molecular flexibility index (Phi) is 5.38. The molecule has 0 aromatic carbocycles. The van der Waals surface area contributed by atoms with Crippen LogP contribution in [0.3, 0.4) is 0 Å². The van der Waals surface area contributed by atoms with Crippen LogP contribution in [0.5, 0.6) is 0 Å². The summed E-state index contributed by atoms with van der Waals surface area (Å²) in [7, 11) is 0. The van der Waals surface area contributed by atoms with Gasteiger partial charge in [-0.25, -0.2) is 0 Å². The number of hydrogen-bond donors (Lipinski definition) is 0. The van der Waals surface area contributed by atoms with Crippen LogP contribution >= 0.6 is 11.8 Å². The molecular weight excluding hydrogens is 226 g/mol. The van der Waals surface area contributed by atoms with Crippen molar-refractivity contribution in [2.45, 2.75) is 25.0 Å². The van der Waals surface area contributed by atoms with E-state index in [4.69, 9.17) is 4.74 Å². The lowest BCUT2D eigenvalue weighted by atomic mass is 10.4. The highest BCUT2D eigenvalue weighted by molar-refractivity contribution is 8.14. The normalized spacial score (nSPS) is 19.9. The Hall–Kier alpha value is -0.970. The van der Waals surface area contributed by atoms with E-state index in [1.807, 2.05) is 0 Å². The van der Waals surface area contributed by atoms with Gasteiger partial charge in [-0.2, -0.15) is 0 Å². The van der Waals surface area contributed by atoms with Crippen molar-refractivity contribution < 1.29 is 14.3 Å². The Balaban J connectivity index is 2.25. The van der Waals surface area contributed by atoms with Gasteiger partial charge in [0.2, 0.25) is 5.91 Å². The molecule has 5 heteroatoms. The van der Waals surface area contributed by atoms with E-state index >= 15 is 0 Å². The number of likely N-dealkylation sites (tertiary alicyclic amines) is 1. The topological polar surface area (TPSA) is 46.6 Å². The van der Waals surface area contributed by atoms with Crippen LogP contribution in [0.4, 0.5) is 0 Å². The van der Waals surface area contributed by atoms with E-state index in [-0.39, 0.29) is 16.3 Å². The first kappa shape index (κ1) is 13.1. The van der Waals surface area contributed by atoms with E-state index in [0.29, 0.717) is 26.1 Å². The molecule has 1 aliphatic heterocycles. The number of ether oxygens (including phenoxy) is 1. The van der Waals surface area contributed by atoms with Crippen molar-refractivity contribution in [1.29, 1.82) is 0 Å². The lowest BCUT2D eigenvalue weighted by molar-refractivity contribution is -0.127. The molecule has 1 heterocycles. The molecular formula is C11H17NO3S. The van der Waals surface area contributed by atoms with Crippen LogP contribution in [0.15, 0.2) is 12.8 Å². The van der Waals surface area contributed by atoms with E-state index in [0.717, 1.165) is 6.42 Å². The van der Waals surface area contributed by atoms with Crippen molar-refractivity contribution in [3.63, 3.8) is 0 Å². The van der Waals surface area contributed by atoms with Gasteiger partial charge in [-0.3, -0.25) is 9.59 Å². The monoisotopic (exact) mass is 243 g/mol. The van der Waals surface area contributed by atoms with Crippen LogP contribution in [0.1, 0.15) is 19.8 Å². The summed E-state index contributed by atoms with van der Waals surface area (Å²) >= 11 is 1.26. The van der Waals surface area contributed by atoms with Gasteiger partial charge >= 0.3 is 0 Å². The Morgan fingerprint density at radius 3 is 3.12 bits per heavy atom. The Bertz CT molecular complexity index is 280. The maximum absolute atomic E-state index is 11.6. The molecule has 0 radical (unpaired) electrons. The summed E-state index contributed by atoms with van der Waals surface area (Å²) in [4.78, 5) is 24.3. The third-order valence-electron chi connectivity index (χ3n) is 2.32. The lowest BCUT2D eigenvalue weighted by Crippen LogP contribution is -2.27. The molecule has 0 aromatic rings. The first-order valence-corrected chi connectivity index (χ1v) is 6.19. The predicted octanol–water partition coefficient (Wildman–Crippen LogP) is 1.42. The molecule has 90 valence electrons. The van der Waals surface area contributed by atoms with E-state index in [1.54, 1.807) is 4.90 Å². The molecule has 0 bridgehead atoms. The molecule has 1 atom stereocenters. The minimum atomic E-state index is 0.0784. The molecule has 0 aliphatic carbocycles. The number of carbonyl (C=O) groups is 2. The van der Waals surface area contributed by atoms with Crippen molar-refractivity contribution in [2.75, 3.05) is 19.7 Å². The second-order valence-electron chi connectivity index (χ2n) is 3.67. The summed E-state index contributed by atoms with van der Waals surface area (Å²) in [6.07, 6.45) is 2.68. The number of amides is 1. The molecule has 4 nitrogen and oxygen atoms in total. The van der Waals surface area contributed by atoms with E-state index in [2.05, 4.69) is 6.58 Å². The van der Waals surface area contributed by atoms with Gasteiger partial charge in [0.05, 0.1) is 12.9 Å². The fraction of sp³-hybridized carbons (Fsp3) is 0.636. The summed E-state index contributed by atoms with van der Waals surface area (Å²) in [6.45, 7) is 6.94.